The third-order valence-corrected chi connectivity index (χ3v) is 3.18. The zero-order chi connectivity index (χ0) is 13.4. The second-order valence-electron chi connectivity index (χ2n) is 5.04. The Bertz CT molecular complexity index is 406. The van der Waals surface area contributed by atoms with Crippen molar-refractivity contribution in [2.45, 2.75) is 46.5 Å². The molecule has 0 aliphatic carbocycles. The van der Waals surface area contributed by atoms with Gasteiger partial charge in [0.05, 0.1) is 0 Å². The Labute approximate surface area is 116 Å². The molecule has 0 aromatic heterocycles. The fraction of sp³-hybridized carbons (Fsp3) is 0.412. The van der Waals surface area contributed by atoms with Crippen LogP contribution in [0.1, 0.15) is 45.6 Å². The van der Waals surface area contributed by atoms with E-state index >= 15 is 0 Å². The van der Waals surface area contributed by atoms with Crippen molar-refractivity contribution in [2.24, 2.45) is 0 Å². The van der Waals surface area contributed by atoms with Gasteiger partial charge in [-0.05, 0) is 64.2 Å². The molecule has 98 valence electrons. The van der Waals surface area contributed by atoms with Gasteiger partial charge >= 0.3 is 0 Å². The lowest BCUT2D eigenvalue weighted by Crippen LogP contribution is -1.84. The van der Waals surface area contributed by atoms with Gasteiger partial charge in [0.1, 0.15) is 0 Å². The van der Waals surface area contributed by atoms with Crippen LogP contribution in [0, 0.1) is 0 Å². The van der Waals surface area contributed by atoms with Crippen LogP contribution in [0.15, 0.2) is 47.6 Å². The summed E-state index contributed by atoms with van der Waals surface area (Å²) in [4.78, 5) is 0. The first-order valence-electron chi connectivity index (χ1n) is 6.61. The minimum atomic E-state index is 0.812. The molecule has 0 radical (unpaired) electrons. The summed E-state index contributed by atoms with van der Waals surface area (Å²) in [6.45, 7) is 6.53. The second-order valence-corrected chi connectivity index (χ2v) is 5.47. The van der Waals surface area contributed by atoms with Crippen LogP contribution in [0.5, 0.6) is 0 Å². The largest absolute Gasteiger partial charge is 0.0856 e. The van der Waals surface area contributed by atoms with Gasteiger partial charge in [0, 0.05) is 5.02 Å². The maximum Gasteiger partial charge on any atom is 0.0406 e. The molecule has 0 unspecified atom stereocenters. The van der Waals surface area contributed by atoms with E-state index in [-0.39, 0.29) is 0 Å². The summed E-state index contributed by atoms with van der Waals surface area (Å²) >= 11 is 5.86. The molecule has 0 N–H and O–H groups in total. The number of aryl methyl sites for hydroxylation is 1. The number of hydrogen-bond acceptors (Lipinski definition) is 0. The highest BCUT2D eigenvalue weighted by Crippen LogP contribution is 2.13. The van der Waals surface area contributed by atoms with Gasteiger partial charge in [-0.2, -0.15) is 0 Å². The van der Waals surface area contributed by atoms with Gasteiger partial charge in [-0.25, -0.2) is 0 Å². The van der Waals surface area contributed by atoms with Crippen LogP contribution in [0.2, 0.25) is 5.02 Å². The van der Waals surface area contributed by atoms with Crippen LogP contribution in [-0.2, 0) is 6.42 Å². The van der Waals surface area contributed by atoms with E-state index in [2.05, 4.69) is 45.1 Å². The summed E-state index contributed by atoms with van der Waals surface area (Å²) in [5, 5.41) is 0.812. The van der Waals surface area contributed by atoms with Crippen LogP contribution in [-0.4, -0.2) is 0 Å². The standard InChI is InChI=1S/C17H23Cl/c1-14(2)6-4-7-15(3)8-5-9-16-10-12-17(18)13-11-16/h6,8,10-13H,4-5,7,9H2,1-3H3. The summed E-state index contributed by atoms with van der Waals surface area (Å²) in [5.74, 6) is 0. The first-order valence-corrected chi connectivity index (χ1v) is 6.99. The Morgan fingerprint density at radius 1 is 1.00 bits per heavy atom. The van der Waals surface area contributed by atoms with Gasteiger partial charge in [-0.15, -0.1) is 0 Å². The Morgan fingerprint density at radius 3 is 2.28 bits per heavy atom. The van der Waals surface area contributed by atoms with Crippen molar-refractivity contribution in [3.05, 3.63) is 58.1 Å². The van der Waals surface area contributed by atoms with E-state index in [9.17, 15) is 0 Å². The van der Waals surface area contributed by atoms with E-state index in [1.165, 1.54) is 23.1 Å². The molecule has 0 atom stereocenters. The summed E-state index contributed by atoms with van der Waals surface area (Å²) in [6, 6.07) is 8.13. The molecule has 18 heavy (non-hydrogen) atoms. The zero-order valence-corrected chi connectivity index (χ0v) is 12.4. The molecule has 1 rings (SSSR count). The zero-order valence-electron chi connectivity index (χ0n) is 11.7. The summed E-state index contributed by atoms with van der Waals surface area (Å²) < 4.78 is 0. The highest BCUT2D eigenvalue weighted by molar-refractivity contribution is 6.30. The monoisotopic (exact) mass is 262 g/mol. The fourth-order valence-electron chi connectivity index (χ4n) is 1.83. The molecular weight excluding hydrogens is 240 g/mol. The maximum absolute atomic E-state index is 5.86. The molecule has 0 aliphatic rings. The van der Waals surface area contributed by atoms with E-state index < -0.39 is 0 Å². The molecule has 0 bridgehead atoms. The van der Waals surface area contributed by atoms with Crippen molar-refractivity contribution in [3.63, 3.8) is 0 Å². The van der Waals surface area contributed by atoms with E-state index in [0.717, 1.165) is 24.3 Å². The lowest BCUT2D eigenvalue weighted by atomic mass is 10.1. The van der Waals surface area contributed by atoms with E-state index in [1.807, 2.05) is 12.1 Å². The first kappa shape index (κ1) is 15.0. The van der Waals surface area contributed by atoms with Gasteiger partial charge in [0.15, 0.2) is 0 Å². The smallest absolute Gasteiger partial charge is 0.0406 e. The van der Waals surface area contributed by atoms with Crippen molar-refractivity contribution >= 4 is 11.6 Å². The van der Waals surface area contributed by atoms with Crippen LogP contribution in [0.4, 0.5) is 0 Å². The Balaban J connectivity index is 2.31. The quantitative estimate of drug-likeness (QED) is 0.555. The van der Waals surface area contributed by atoms with Crippen molar-refractivity contribution in [3.8, 4) is 0 Å². The highest BCUT2D eigenvalue weighted by atomic mass is 35.5. The third kappa shape index (κ3) is 6.66. The molecule has 0 nitrogen and oxygen atoms in total. The molecule has 1 aromatic rings. The average molecular weight is 263 g/mol. The molecule has 1 heteroatoms. The number of allylic oxidation sites excluding steroid dienone is 4. The van der Waals surface area contributed by atoms with E-state index in [0.29, 0.717) is 0 Å². The topological polar surface area (TPSA) is 0 Å². The minimum absolute atomic E-state index is 0.812. The van der Waals surface area contributed by atoms with E-state index in [1.54, 1.807) is 0 Å². The van der Waals surface area contributed by atoms with Crippen LogP contribution < -0.4 is 0 Å². The van der Waals surface area contributed by atoms with Crippen molar-refractivity contribution in [1.29, 1.82) is 0 Å². The van der Waals surface area contributed by atoms with Gasteiger partial charge < -0.3 is 0 Å². The summed E-state index contributed by atoms with van der Waals surface area (Å²) in [7, 11) is 0. The van der Waals surface area contributed by atoms with Gasteiger partial charge in [0.25, 0.3) is 0 Å². The Hall–Kier alpha value is -1.01. The van der Waals surface area contributed by atoms with Gasteiger partial charge in [-0.1, -0.05) is 47.0 Å². The number of halogens is 1. The molecule has 0 aliphatic heterocycles. The first-order chi connectivity index (χ1) is 8.58. The van der Waals surface area contributed by atoms with E-state index in [4.69, 9.17) is 11.6 Å². The molecule has 0 heterocycles. The van der Waals surface area contributed by atoms with Crippen molar-refractivity contribution in [1.82, 2.24) is 0 Å². The predicted octanol–water partition coefficient (Wildman–Crippen LogP) is 5.97. The number of benzene rings is 1. The molecule has 0 spiro atoms. The minimum Gasteiger partial charge on any atom is -0.0856 e. The normalized spacial score (nSPS) is 11.4. The number of hydrogen-bond donors (Lipinski definition) is 0. The number of rotatable bonds is 6. The Kier molecular flexibility index (Phi) is 6.82. The van der Waals surface area contributed by atoms with Crippen molar-refractivity contribution < 1.29 is 0 Å². The lowest BCUT2D eigenvalue weighted by Gasteiger charge is -2.01. The molecule has 0 saturated carbocycles. The van der Waals surface area contributed by atoms with Gasteiger partial charge in [0.2, 0.25) is 0 Å². The summed E-state index contributed by atoms with van der Waals surface area (Å²) in [6.07, 6.45) is 9.20. The molecule has 1 aromatic carbocycles. The summed E-state index contributed by atoms with van der Waals surface area (Å²) in [5.41, 5.74) is 4.25. The predicted molar refractivity (Wildman–Crippen MR) is 82.2 cm³/mol. The molecular formula is C17H23Cl. The molecule has 0 saturated heterocycles. The van der Waals surface area contributed by atoms with Gasteiger partial charge in [-0.3, -0.25) is 0 Å². The molecule has 0 fully saturated rings. The maximum atomic E-state index is 5.86. The van der Waals surface area contributed by atoms with Crippen LogP contribution >= 0.6 is 11.6 Å². The van der Waals surface area contributed by atoms with Crippen molar-refractivity contribution in [2.75, 3.05) is 0 Å². The Morgan fingerprint density at radius 2 is 1.67 bits per heavy atom. The third-order valence-electron chi connectivity index (χ3n) is 2.93. The molecule has 0 amide bonds. The van der Waals surface area contributed by atoms with Crippen LogP contribution in [0.3, 0.4) is 0 Å². The lowest BCUT2D eigenvalue weighted by molar-refractivity contribution is 0.926. The SMILES string of the molecule is CC(C)=CCCC(C)=CCCc1ccc(Cl)cc1. The van der Waals surface area contributed by atoms with Crippen LogP contribution in [0.25, 0.3) is 0 Å². The second kappa shape index (κ2) is 8.16. The fourth-order valence-corrected chi connectivity index (χ4v) is 1.95. The highest BCUT2D eigenvalue weighted by Gasteiger charge is 1.93. The average Bonchev–Trinajstić information content (AvgIpc) is 2.31.